The molecule has 0 radical (unpaired) electrons. The van der Waals surface area contributed by atoms with Crippen molar-refractivity contribution in [1.82, 2.24) is 5.32 Å². The summed E-state index contributed by atoms with van der Waals surface area (Å²) in [4.78, 5) is 26.0. The quantitative estimate of drug-likeness (QED) is 0.270. The predicted molar refractivity (Wildman–Crippen MR) is 145 cm³/mol. The lowest BCUT2D eigenvalue weighted by atomic mass is 9.98. The van der Waals surface area contributed by atoms with Crippen molar-refractivity contribution in [2.24, 2.45) is 0 Å². The standard InChI is InChI=1S/C32H28FNO5/c1-37-24-16-12-22(13-17-24)19-38-31(35)30(18-21-10-14-23(33)15-11-21)34-32(36)39-20-29-27-8-4-2-6-25(27)26-7-3-5-9-28(26)29/h2-17,29-30H,18-20H2,1H3,(H,34,36)/t30-/m0/s1. The summed E-state index contributed by atoms with van der Waals surface area (Å²) in [6, 6.07) is 28.0. The first kappa shape index (κ1) is 26.0. The number of carbonyl (C=O) groups excluding carboxylic acids is 2. The molecule has 198 valence electrons. The number of amides is 1. The number of carbonyl (C=O) groups is 2. The Morgan fingerprint density at radius 3 is 2.00 bits per heavy atom. The zero-order chi connectivity index (χ0) is 27.2. The number of fused-ring (bicyclic) bond motifs is 3. The molecule has 0 saturated carbocycles. The number of rotatable bonds is 9. The molecule has 7 heteroatoms. The van der Waals surface area contributed by atoms with Crippen molar-refractivity contribution in [2.45, 2.75) is 25.0 Å². The Hall–Kier alpha value is -4.65. The molecule has 4 aromatic rings. The summed E-state index contributed by atoms with van der Waals surface area (Å²) in [5.41, 5.74) is 5.87. The predicted octanol–water partition coefficient (Wildman–Crippen LogP) is 6.03. The number of alkyl carbamates (subject to hydrolysis) is 1. The highest BCUT2D eigenvalue weighted by atomic mass is 19.1. The average Bonchev–Trinajstić information content (AvgIpc) is 3.29. The van der Waals surface area contributed by atoms with Gasteiger partial charge in [-0.05, 0) is 57.6 Å². The molecule has 5 rings (SSSR count). The Morgan fingerprint density at radius 1 is 0.795 bits per heavy atom. The van der Waals surface area contributed by atoms with Crippen LogP contribution in [0.25, 0.3) is 11.1 Å². The molecule has 0 fully saturated rings. The zero-order valence-corrected chi connectivity index (χ0v) is 21.4. The van der Waals surface area contributed by atoms with Gasteiger partial charge in [0.25, 0.3) is 0 Å². The highest BCUT2D eigenvalue weighted by Gasteiger charge is 2.30. The van der Waals surface area contributed by atoms with Crippen molar-refractivity contribution in [3.8, 4) is 16.9 Å². The second-order valence-electron chi connectivity index (χ2n) is 9.31. The van der Waals surface area contributed by atoms with Gasteiger partial charge in [0.15, 0.2) is 0 Å². The van der Waals surface area contributed by atoms with E-state index >= 15 is 0 Å². The minimum Gasteiger partial charge on any atom is -0.497 e. The van der Waals surface area contributed by atoms with Crippen LogP contribution in [0, 0.1) is 5.82 Å². The molecule has 0 bridgehead atoms. The SMILES string of the molecule is COc1ccc(COC(=O)[C@H](Cc2ccc(F)cc2)NC(=O)OCC2c3ccccc3-c3ccccc32)cc1. The molecule has 1 aliphatic rings. The molecular weight excluding hydrogens is 497 g/mol. The molecule has 0 heterocycles. The van der Waals surface area contributed by atoms with Gasteiger partial charge >= 0.3 is 12.1 Å². The number of halogens is 1. The fourth-order valence-electron chi connectivity index (χ4n) is 4.81. The van der Waals surface area contributed by atoms with Crippen LogP contribution in [0.1, 0.15) is 28.2 Å². The number of esters is 1. The van der Waals surface area contributed by atoms with Crippen molar-refractivity contribution in [1.29, 1.82) is 0 Å². The van der Waals surface area contributed by atoms with E-state index in [4.69, 9.17) is 14.2 Å². The summed E-state index contributed by atoms with van der Waals surface area (Å²) in [7, 11) is 1.57. The lowest BCUT2D eigenvalue weighted by Gasteiger charge is -2.19. The summed E-state index contributed by atoms with van der Waals surface area (Å²) >= 11 is 0. The second kappa shape index (κ2) is 11.8. The Bertz CT molecular complexity index is 1410. The van der Waals surface area contributed by atoms with Crippen LogP contribution in [0.15, 0.2) is 97.1 Å². The number of nitrogens with one attached hydrogen (secondary N) is 1. The molecule has 0 aromatic heterocycles. The van der Waals surface area contributed by atoms with E-state index in [0.717, 1.165) is 27.8 Å². The first-order chi connectivity index (χ1) is 19.0. The van der Waals surface area contributed by atoms with Crippen molar-refractivity contribution < 1.29 is 28.2 Å². The first-order valence-corrected chi connectivity index (χ1v) is 12.7. The third-order valence-corrected chi connectivity index (χ3v) is 6.81. The van der Waals surface area contributed by atoms with Crippen LogP contribution >= 0.6 is 0 Å². The van der Waals surface area contributed by atoms with E-state index < -0.39 is 18.1 Å². The Labute approximate surface area is 226 Å². The molecule has 0 spiro atoms. The average molecular weight is 526 g/mol. The van der Waals surface area contributed by atoms with E-state index in [-0.39, 0.29) is 31.4 Å². The van der Waals surface area contributed by atoms with Gasteiger partial charge in [0, 0.05) is 12.3 Å². The van der Waals surface area contributed by atoms with Crippen LogP contribution in [0.5, 0.6) is 5.75 Å². The molecule has 1 amide bonds. The molecule has 1 aliphatic carbocycles. The van der Waals surface area contributed by atoms with Crippen LogP contribution in [-0.4, -0.2) is 31.8 Å². The fraction of sp³-hybridized carbons (Fsp3) is 0.188. The molecule has 0 saturated heterocycles. The lowest BCUT2D eigenvalue weighted by Crippen LogP contribution is -2.43. The highest BCUT2D eigenvalue weighted by Crippen LogP contribution is 2.44. The van der Waals surface area contributed by atoms with Crippen LogP contribution in [0.3, 0.4) is 0 Å². The number of hydrogen-bond acceptors (Lipinski definition) is 5. The third-order valence-electron chi connectivity index (χ3n) is 6.81. The van der Waals surface area contributed by atoms with Gasteiger partial charge in [-0.3, -0.25) is 0 Å². The molecule has 0 aliphatic heterocycles. The second-order valence-corrected chi connectivity index (χ2v) is 9.31. The zero-order valence-electron chi connectivity index (χ0n) is 21.4. The largest absolute Gasteiger partial charge is 0.497 e. The number of benzene rings is 4. The number of hydrogen-bond donors (Lipinski definition) is 1. The van der Waals surface area contributed by atoms with E-state index in [1.807, 2.05) is 36.4 Å². The molecule has 39 heavy (non-hydrogen) atoms. The Morgan fingerprint density at radius 2 is 1.38 bits per heavy atom. The van der Waals surface area contributed by atoms with Gasteiger partial charge in [-0.2, -0.15) is 0 Å². The van der Waals surface area contributed by atoms with E-state index in [0.29, 0.717) is 11.3 Å². The summed E-state index contributed by atoms with van der Waals surface area (Å²) < 4.78 is 29.7. The summed E-state index contributed by atoms with van der Waals surface area (Å²) in [6.45, 7) is 0.138. The van der Waals surface area contributed by atoms with Crippen LogP contribution < -0.4 is 10.1 Å². The van der Waals surface area contributed by atoms with Crippen molar-refractivity contribution in [3.05, 3.63) is 125 Å². The van der Waals surface area contributed by atoms with Gasteiger partial charge in [-0.25, -0.2) is 14.0 Å². The van der Waals surface area contributed by atoms with Crippen molar-refractivity contribution in [3.63, 3.8) is 0 Å². The monoisotopic (exact) mass is 525 g/mol. The molecule has 6 nitrogen and oxygen atoms in total. The molecule has 1 N–H and O–H groups in total. The van der Waals surface area contributed by atoms with Gasteiger partial charge in [-0.1, -0.05) is 72.8 Å². The van der Waals surface area contributed by atoms with E-state index in [1.54, 1.807) is 43.5 Å². The fourth-order valence-corrected chi connectivity index (χ4v) is 4.81. The van der Waals surface area contributed by atoms with Crippen LogP contribution in [-0.2, 0) is 27.3 Å². The van der Waals surface area contributed by atoms with Gasteiger partial charge in [-0.15, -0.1) is 0 Å². The maximum Gasteiger partial charge on any atom is 0.407 e. The molecule has 4 aromatic carbocycles. The van der Waals surface area contributed by atoms with Gasteiger partial charge in [0.2, 0.25) is 0 Å². The topological polar surface area (TPSA) is 73.9 Å². The summed E-state index contributed by atoms with van der Waals surface area (Å²) in [5.74, 6) is -0.428. The minimum atomic E-state index is -1.02. The van der Waals surface area contributed by atoms with E-state index in [1.165, 1.54) is 12.1 Å². The summed E-state index contributed by atoms with van der Waals surface area (Å²) in [5, 5.41) is 2.66. The molecule has 0 unspecified atom stereocenters. The maximum atomic E-state index is 13.4. The number of methoxy groups -OCH3 is 1. The Kier molecular flexibility index (Phi) is 7.87. The number of ether oxygens (including phenoxy) is 3. The normalized spacial score (nSPS) is 12.7. The van der Waals surface area contributed by atoms with Crippen molar-refractivity contribution >= 4 is 12.1 Å². The third kappa shape index (κ3) is 6.09. The minimum absolute atomic E-state index is 0.0229. The molecule has 1 atom stereocenters. The van der Waals surface area contributed by atoms with E-state index in [2.05, 4.69) is 17.4 Å². The van der Waals surface area contributed by atoms with Crippen LogP contribution in [0.4, 0.5) is 9.18 Å². The van der Waals surface area contributed by atoms with Gasteiger partial charge in [0.05, 0.1) is 7.11 Å². The molecular formula is C32H28FNO5. The lowest BCUT2D eigenvalue weighted by molar-refractivity contribution is -0.147. The van der Waals surface area contributed by atoms with Crippen LogP contribution in [0.2, 0.25) is 0 Å². The Balaban J connectivity index is 1.26. The van der Waals surface area contributed by atoms with Crippen molar-refractivity contribution in [2.75, 3.05) is 13.7 Å². The smallest absolute Gasteiger partial charge is 0.407 e. The van der Waals surface area contributed by atoms with Gasteiger partial charge < -0.3 is 19.5 Å². The highest BCUT2D eigenvalue weighted by molar-refractivity contribution is 5.82. The first-order valence-electron chi connectivity index (χ1n) is 12.7. The van der Waals surface area contributed by atoms with E-state index in [9.17, 15) is 14.0 Å². The maximum absolute atomic E-state index is 13.4. The van der Waals surface area contributed by atoms with Gasteiger partial charge in [0.1, 0.15) is 30.8 Å². The summed E-state index contributed by atoms with van der Waals surface area (Å²) in [6.07, 6.45) is -0.614.